The normalized spacial score (nSPS) is 30.0. The van der Waals surface area contributed by atoms with Gasteiger partial charge in [-0.15, -0.1) is 0 Å². The van der Waals surface area contributed by atoms with E-state index >= 15 is 0 Å². The van der Waals surface area contributed by atoms with Gasteiger partial charge in [-0.25, -0.2) is 4.99 Å². The van der Waals surface area contributed by atoms with Crippen LogP contribution in [0.1, 0.15) is 52.4 Å². The molecule has 1 heterocycles. The predicted molar refractivity (Wildman–Crippen MR) is 106 cm³/mol. The van der Waals surface area contributed by atoms with Crippen molar-refractivity contribution < 1.29 is 4.79 Å². The SMILES string of the molecule is CC(C)N1CCC(NC(=NCC(=O)N(C)C)NC2CC3CCC2C3)CC1. The molecule has 1 amide bonds. The number of fused-ring (bicyclic) bond motifs is 2. The molecule has 1 aliphatic heterocycles. The molecular formula is C20H37N5O. The van der Waals surface area contributed by atoms with Gasteiger partial charge in [-0.05, 0) is 57.8 Å². The molecule has 6 nitrogen and oxygen atoms in total. The van der Waals surface area contributed by atoms with E-state index in [-0.39, 0.29) is 12.5 Å². The average Bonchev–Trinajstić information content (AvgIpc) is 3.22. The highest BCUT2D eigenvalue weighted by Crippen LogP contribution is 2.44. The van der Waals surface area contributed by atoms with E-state index in [0.717, 1.165) is 43.7 Å². The first-order valence-electron chi connectivity index (χ1n) is 10.4. The van der Waals surface area contributed by atoms with Crippen molar-refractivity contribution in [1.29, 1.82) is 0 Å². The third-order valence-corrected chi connectivity index (χ3v) is 6.53. The molecule has 3 rings (SSSR count). The second-order valence-electron chi connectivity index (χ2n) is 8.93. The maximum absolute atomic E-state index is 12.0. The molecule has 3 unspecified atom stereocenters. The molecule has 6 heteroatoms. The van der Waals surface area contributed by atoms with E-state index in [4.69, 9.17) is 0 Å². The zero-order chi connectivity index (χ0) is 18.7. The molecule has 0 spiro atoms. The zero-order valence-corrected chi connectivity index (χ0v) is 17.0. The van der Waals surface area contributed by atoms with Gasteiger partial charge in [-0.1, -0.05) is 6.42 Å². The van der Waals surface area contributed by atoms with E-state index in [0.29, 0.717) is 18.1 Å². The number of hydrogen-bond donors (Lipinski definition) is 2. The van der Waals surface area contributed by atoms with E-state index in [9.17, 15) is 4.79 Å². The predicted octanol–water partition coefficient (Wildman–Crippen LogP) is 1.67. The highest BCUT2D eigenvalue weighted by Gasteiger charge is 2.40. The van der Waals surface area contributed by atoms with Crippen LogP contribution < -0.4 is 10.6 Å². The maximum Gasteiger partial charge on any atom is 0.243 e. The summed E-state index contributed by atoms with van der Waals surface area (Å²) in [5.74, 6) is 2.59. The van der Waals surface area contributed by atoms with Crippen molar-refractivity contribution in [2.24, 2.45) is 16.8 Å². The first-order valence-corrected chi connectivity index (χ1v) is 10.4. The standard InChI is InChI=1S/C20H37N5O/c1-14(2)25-9-7-17(8-10-25)22-20(21-13-19(26)24(3)4)23-18-12-15-5-6-16(18)11-15/h14-18H,5-13H2,1-4H3,(H2,21,22,23). The number of likely N-dealkylation sites (N-methyl/N-ethyl adjacent to an activating group) is 1. The van der Waals surface area contributed by atoms with Gasteiger partial charge in [0.15, 0.2) is 5.96 Å². The lowest BCUT2D eigenvalue weighted by atomic mass is 9.95. The smallest absolute Gasteiger partial charge is 0.243 e. The molecule has 2 aliphatic carbocycles. The van der Waals surface area contributed by atoms with E-state index in [1.165, 1.54) is 25.7 Å². The molecule has 148 valence electrons. The highest BCUT2D eigenvalue weighted by molar-refractivity contribution is 5.85. The van der Waals surface area contributed by atoms with E-state index in [2.05, 4.69) is 34.4 Å². The van der Waals surface area contributed by atoms with Crippen molar-refractivity contribution in [3.8, 4) is 0 Å². The van der Waals surface area contributed by atoms with E-state index in [1.807, 2.05) is 0 Å². The largest absolute Gasteiger partial charge is 0.354 e. The van der Waals surface area contributed by atoms with Crippen molar-refractivity contribution in [1.82, 2.24) is 20.4 Å². The Morgan fingerprint density at radius 3 is 2.38 bits per heavy atom. The van der Waals surface area contributed by atoms with Gasteiger partial charge in [-0.2, -0.15) is 0 Å². The molecule has 3 aliphatic rings. The van der Waals surface area contributed by atoms with Crippen LogP contribution in [-0.2, 0) is 4.79 Å². The van der Waals surface area contributed by atoms with Crippen LogP contribution >= 0.6 is 0 Å². The first kappa shape index (κ1) is 19.5. The third kappa shape index (κ3) is 4.90. The Kier molecular flexibility index (Phi) is 6.43. The molecule has 26 heavy (non-hydrogen) atoms. The Hall–Kier alpha value is -1.30. The summed E-state index contributed by atoms with van der Waals surface area (Å²) in [6, 6.07) is 1.60. The number of rotatable bonds is 5. The van der Waals surface area contributed by atoms with Crippen LogP contribution in [-0.4, -0.2) is 73.5 Å². The molecule has 0 aromatic carbocycles. The number of piperidine rings is 1. The number of nitrogens with one attached hydrogen (secondary N) is 2. The van der Waals surface area contributed by atoms with Gasteiger partial charge >= 0.3 is 0 Å². The summed E-state index contributed by atoms with van der Waals surface area (Å²) in [6.45, 7) is 7.02. The molecule has 3 atom stereocenters. The van der Waals surface area contributed by atoms with Crippen LogP contribution in [0.25, 0.3) is 0 Å². The van der Waals surface area contributed by atoms with Crippen LogP contribution in [0.3, 0.4) is 0 Å². The van der Waals surface area contributed by atoms with Crippen LogP contribution in [0, 0.1) is 11.8 Å². The summed E-state index contributed by atoms with van der Waals surface area (Å²) in [4.78, 5) is 20.8. The molecule has 2 saturated carbocycles. The Labute approximate surface area is 158 Å². The van der Waals surface area contributed by atoms with Gasteiger partial charge in [0.1, 0.15) is 6.54 Å². The second-order valence-corrected chi connectivity index (χ2v) is 8.93. The summed E-state index contributed by atoms with van der Waals surface area (Å²) in [5, 5.41) is 7.32. The topological polar surface area (TPSA) is 60.0 Å². The first-order chi connectivity index (χ1) is 12.4. The summed E-state index contributed by atoms with van der Waals surface area (Å²) < 4.78 is 0. The van der Waals surface area contributed by atoms with Gasteiger partial charge in [0.05, 0.1) is 0 Å². The molecule has 1 saturated heterocycles. The highest BCUT2D eigenvalue weighted by atomic mass is 16.2. The van der Waals surface area contributed by atoms with Crippen LogP contribution in [0.5, 0.6) is 0 Å². The van der Waals surface area contributed by atoms with E-state index in [1.54, 1.807) is 19.0 Å². The summed E-state index contributed by atoms with van der Waals surface area (Å²) >= 11 is 0. The van der Waals surface area contributed by atoms with Gasteiger partial charge in [0.2, 0.25) is 5.91 Å². The Morgan fingerprint density at radius 1 is 1.12 bits per heavy atom. The minimum absolute atomic E-state index is 0.0497. The van der Waals surface area contributed by atoms with Gasteiger partial charge < -0.3 is 20.4 Å². The summed E-state index contributed by atoms with van der Waals surface area (Å²) in [6.07, 6.45) is 7.65. The number of hydrogen-bond acceptors (Lipinski definition) is 3. The lowest BCUT2D eigenvalue weighted by molar-refractivity contribution is -0.127. The van der Waals surface area contributed by atoms with Crippen LogP contribution in [0.2, 0.25) is 0 Å². The fraction of sp³-hybridized carbons (Fsp3) is 0.900. The monoisotopic (exact) mass is 363 g/mol. The molecule has 0 aromatic rings. The number of aliphatic imine (C=N–C) groups is 1. The average molecular weight is 364 g/mol. The minimum atomic E-state index is 0.0497. The summed E-state index contributed by atoms with van der Waals surface area (Å²) in [7, 11) is 3.58. The molecule has 2 bridgehead atoms. The second kappa shape index (κ2) is 8.59. The van der Waals surface area contributed by atoms with Crippen LogP contribution in [0.15, 0.2) is 4.99 Å². The zero-order valence-electron chi connectivity index (χ0n) is 17.0. The lowest BCUT2D eigenvalue weighted by Gasteiger charge is -2.36. The molecule has 2 N–H and O–H groups in total. The Morgan fingerprint density at radius 2 is 1.85 bits per heavy atom. The van der Waals surface area contributed by atoms with Crippen LogP contribution in [0.4, 0.5) is 0 Å². The molecular weight excluding hydrogens is 326 g/mol. The van der Waals surface area contributed by atoms with Gasteiger partial charge in [0.25, 0.3) is 0 Å². The number of likely N-dealkylation sites (tertiary alicyclic amines) is 1. The molecule has 3 fully saturated rings. The third-order valence-electron chi connectivity index (χ3n) is 6.53. The van der Waals surface area contributed by atoms with Crippen molar-refractivity contribution >= 4 is 11.9 Å². The fourth-order valence-corrected chi connectivity index (χ4v) is 4.77. The maximum atomic E-state index is 12.0. The fourth-order valence-electron chi connectivity index (χ4n) is 4.77. The van der Waals surface area contributed by atoms with Crippen molar-refractivity contribution in [3.05, 3.63) is 0 Å². The van der Waals surface area contributed by atoms with Crippen molar-refractivity contribution in [3.63, 3.8) is 0 Å². The van der Waals surface area contributed by atoms with Crippen molar-refractivity contribution in [2.75, 3.05) is 33.7 Å². The van der Waals surface area contributed by atoms with Gasteiger partial charge in [-0.3, -0.25) is 4.79 Å². The number of amides is 1. The number of carbonyl (C=O) groups excluding carboxylic acids is 1. The summed E-state index contributed by atoms with van der Waals surface area (Å²) in [5.41, 5.74) is 0. The Bertz CT molecular complexity index is 510. The number of nitrogens with zero attached hydrogens (tertiary/aromatic N) is 3. The molecule has 0 aromatic heterocycles. The lowest BCUT2D eigenvalue weighted by Crippen LogP contribution is -2.52. The van der Waals surface area contributed by atoms with Gasteiger partial charge in [0, 0.05) is 45.3 Å². The van der Waals surface area contributed by atoms with Crippen molar-refractivity contribution in [2.45, 2.75) is 70.5 Å². The number of carbonyl (C=O) groups is 1. The minimum Gasteiger partial charge on any atom is -0.354 e. The number of guanidine groups is 1. The molecule has 0 radical (unpaired) electrons. The van der Waals surface area contributed by atoms with E-state index < -0.39 is 0 Å². The quantitative estimate of drug-likeness (QED) is 0.576. The Balaban J connectivity index is 1.57.